The van der Waals surface area contributed by atoms with Crippen molar-refractivity contribution in [3.8, 4) is 0 Å². The summed E-state index contributed by atoms with van der Waals surface area (Å²) in [5.74, 6) is -0.105. The van der Waals surface area contributed by atoms with E-state index in [0.717, 1.165) is 3.57 Å². The lowest BCUT2D eigenvalue weighted by molar-refractivity contribution is -0.123. The Balaban J connectivity index is 2.45. The van der Waals surface area contributed by atoms with Gasteiger partial charge in [-0.3, -0.25) is 19.9 Å². The zero-order valence-electron chi connectivity index (χ0n) is 10.7. The van der Waals surface area contributed by atoms with Gasteiger partial charge in [0.25, 0.3) is 5.56 Å². The van der Waals surface area contributed by atoms with Gasteiger partial charge in [-0.2, -0.15) is 4.98 Å². The number of pyridine rings is 1. The van der Waals surface area contributed by atoms with Gasteiger partial charge in [-0.05, 0) is 28.7 Å². The van der Waals surface area contributed by atoms with E-state index in [4.69, 9.17) is 0 Å². The van der Waals surface area contributed by atoms with Crippen LogP contribution in [0, 0.1) is 8.99 Å². The Morgan fingerprint density at radius 1 is 1.42 bits per heavy atom. The van der Waals surface area contributed by atoms with Crippen LogP contribution in [-0.2, 0) is 4.79 Å². The molecule has 0 saturated heterocycles. The summed E-state index contributed by atoms with van der Waals surface area (Å²) in [7, 11) is 0. The standard InChI is InChI=1S/C12H13IN4O2/c1-12(2,3)10(19)17-11-15-8-7(9(18)16-11)4-6(13)5-14-8/h4-5H,1-3H3,(H2,14,15,16,17,18,19). The van der Waals surface area contributed by atoms with Gasteiger partial charge >= 0.3 is 0 Å². The second kappa shape index (κ2) is 4.87. The Bertz CT molecular complexity index is 703. The molecule has 1 amide bonds. The summed E-state index contributed by atoms with van der Waals surface area (Å²) in [4.78, 5) is 34.5. The van der Waals surface area contributed by atoms with E-state index in [1.165, 1.54) is 0 Å². The number of halogens is 1. The lowest BCUT2D eigenvalue weighted by Crippen LogP contribution is -2.29. The molecule has 0 bridgehead atoms. The maximum atomic E-state index is 11.9. The molecular formula is C12H13IN4O2. The number of rotatable bonds is 1. The van der Waals surface area contributed by atoms with Gasteiger partial charge in [0.15, 0.2) is 5.65 Å². The number of hydrogen-bond acceptors (Lipinski definition) is 4. The number of carbonyl (C=O) groups is 1. The fourth-order valence-corrected chi connectivity index (χ4v) is 1.80. The lowest BCUT2D eigenvalue weighted by Gasteiger charge is -2.16. The molecule has 19 heavy (non-hydrogen) atoms. The van der Waals surface area contributed by atoms with Gasteiger partial charge in [0.2, 0.25) is 11.9 Å². The molecule has 0 fully saturated rings. The Hall–Kier alpha value is -1.51. The molecule has 6 nitrogen and oxygen atoms in total. The Morgan fingerprint density at radius 2 is 2.11 bits per heavy atom. The van der Waals surface area contributed by atoms with Gasteiger partial charge in [-0.1, -0.05) is 20.8 Å². The molecule has 0 spiro atoms. The van der Waals surface area contributed by atoms with Gasteiger partial charge in [0.05, 0.1) is 5.39 Å². The summed E-state index contributed by atoms with van der Waals surface area (Å²) in [5, 5.41) is 2.99. The van der Waals surface area contributed by atoms with Crippen LogP contribution in [-0.4, -0.2) is 20.9 Å². The number of H-pyrrole nitrogens is 1. The van der Waals surface area contributed by atoms with Crippen molar-refractivity contribution in [1.82, 2.24) is 15.0 Å². The van der Waals surface area contributed by atoms with Crippen molar-refractivity contribution in [2.75, 3.05) is 5.32 Å². The first kappa shape index (κ1) is 13.9. The van der Waals surface area contributed by atoms with Crippen LogP contribution in [0.5, 0.6) is 0 Å². The first-order chi connectivity index (χ1) is 8.77. The molecule has 2 aromatic heterocycles. The molecular weight excluding hydrogens is 359 g/mol. The minimum Gasteiger partial charge on any atom is -0.296 e. The topological polar surface area (TPSA) is 87.7 Å². The van der Waals surface area contributed by atoms with E-state index in [0.29, 0.717) is 11.0 Å². The molecule has 2 aromatic rings. The SMILES string of the molecule is CC(C)(C)C(=O)Nc1nc2ncc(I)cc2c(=O)[nH]1. The average Bonchev–Trinajstić information content (AvgIpc) is 2.29. The van der Waals surface area contributed by atoms with Crippen molar-refractivity contribution >= 4 is 45.5 Å². The van der Waals surface area contributed by atoms with Crippen molar-refractivity contribution in [2.45, 2.75) is 20.8 Å². The third-order valence-corrected chi connectivity index (χ3v) is 3.03. The van der Waals surface area contributed by atoms with E-state index in [9.17, 15) is 9.59 Å². The molecule has 2 heterocycles. The lowest BCUT2D eigenvalue weighted by atomic mass is 9.96. The molecule has 0 unspecified atom stereocenters. The van der Waals surface area contributed by atoms with Crippen LogP contribution in [0.25, 0.3) is 11.0 Å². The van der Waals surface area contributed by atoms with Crippen molar-refractivity contribution in [3.63, 3.8) is 0 Å². The third-order valence-electron chi connectivity index (χ3n) is 2.44. The normalized spacial score (nSPS) is 11.6. The molecule has 0 atom stereocenters. The van der Waals surface area contributed by atoms with E-state index < -0.39 is 5.41 Å². The fourth-order valence-electron chi connectivity index (χ4n) is 1.35. The summed E-state index contributed by atoms with van der Waals surface area (Å²) in [6.07, 6.45) is 1.62. The minimum atomic E-state index is -0.562. The van der Waals surface area contributed by atoms with Crippen molar-refractivity contribution < 1.29 is 4.79 Å². The largest absolute Gasteiger partial charge is 0.296 e. The molecule has 0 radical (unpaired) electrons. The van der Waals surface area contributed by atoms with Gasteiger partial charge in [-0.15, -0.1) is 0 Å². The van der Waals surface area contributed by atoms with E-state index >= 15 is 0 Å². The maximum Gasteiger partial charge on any atom is 0.261 e. The highest BCUT2D eigenvalue weighted by atomic mass is 127. The van der Waals surface area contributed by atoms with Crippen LogP contribution in [0.1, 0.15) is 20.8 Å². The van der Waals surface area contributed by atoms with Gasteiger partial charge in [0.1, 0.15) is 0 Å². The molecule has 2 N–H and O–H groups in total. The number of amides is 1. The molecule has 2 rings (SSSR count). The van der Waals surface area contributed by atoms with Crippen LogP contribution >= 0.6 is 22.6 Å². The van der Waals surface area contributed by atoms with Crippen molar-refractivity contribution in [3.05, 3.63) is 26.2 Å². The van der Waals surface area contributed by atoms with Gasteiger partial charge < -0.3 is 0 Å². The van der Waals surface area contributed by atoms with Crippen molar-refractivity contribution in [1.29, 1.82) is 0 Å². The van der Waals surface area contributed by atoms with Crippen LogP contribution < -0.4 is 10.9 Å². The zero-order valence-corrected chi connectivity index (χ0v) is 12.9. The number of anilines is 1. The van der Waals surface area contributed by atoms with E-state index in [2.05, 4.69) is 42.9 Å². The molecule has 0 aliphatic heterocycles. The van der Waals surface area contributed by atoms with E-state index in [1.54, 1.807) is 33.0 Å². The monoisotopic (exact) mass is 372 g/mol. The number of nitrogens with one attached hydrogen (secondary N) is 2. The highest BCUT2D eigenvalue weighted by molar-refractivity contribution is 14.1. The third kappa shape index (κ3) is 3.09. The first-order valence-electron chi connectivity index (χ1n) is 5.64. The number of carbonyl (C=O) groups excluding carboxylic acids is 1. The molecule has 0 aliphatic carbocycles. The van der Waals surface area contributed by atoms with Gasteiger partial charge in [-0.25, -0.2) is 4.98 Å². The zero-order chi connectivity index (χ0) is 14.2. The molecule has 0 aliphatic rings. The number of nitrogens with zero attached hydrogens (tertiary/aromatic N) is 2. The van der Waals surface area contributed by atoms with Gasteiger partial charge in [0, 0.05) is 15.2 Å². The Morgan fingerprint density at radius 3 is 2.74 bits per heavy atom. The Labute approximate surface area is 123 Å². The fraction of sp³-hybridized carbons (Fsp3) is 0.333. The van der Waals surface area contributed by atoms with Crippen LogP contribution in [0.3, 0.4) is 0 Å². The predicted octanol–water partition coefficient (Wildman–Crippen LogP) is 1.91. The molecule has 0 saturated carbocycles. The highest BCUT2D eigenvalue weighted by Crippen LogP contribution is 2.16. The van der Waals surface area contributed by atoms with Crippen molar-refractivity contribution in [2.24, 2.45) is 5.41 Å². The summed E-state index contributed by atoms with van der Waals surface area (Å²) in [5.41, 5.74) is -0.568. The average molecular weight is 372 g/mol. The second-order valence-electron chi connectivity index (χ2n) is 5.14. The van der Waals surface area contributed by atoms with E-state index in [-0.39, 0.29) is 17.4 Å². The maximum absolute atomic E-state index is 11.9. The Kier molecular flexibility index (Phi) is 3.57. The first-order valence-corrected chi connectivity index (χ1v) is 6.72. The minimum absolute atomic E-state index is 0.117. The number of hydrogen-bond donors (Lipinski definition) is 2. The number of aromatic nitrogens is 3. The predicted molar refractivity (Wildman–Crippen MR) is 81.0 cm³/mol. The molecule has 0 aromatic carbocycles. The second-order valence-corrected chi connectivity index (χ2v) is 6.39. The summed E-state index contributed by atoms with van der Waals surface area (Å²) < 4.78 is 0.851. The molecule has 100 valence electrons. The summed E-state index contributed by atoms with van der Waals surface area (Å²) >= 11 is 2.07. The van der Waals surface area contributed by atoms with Crippen LogP contribution in [0.2, 0.25) is 0 Å². The van der Waals surface area contributed by atoms with E-state index in [1.807, 2.05) is 0 Å². The number of aromatic amines is 1. The van der Waals surface area contributed by atoms with Crippen LogP contribution in [0.15, 0.2) is 17.1 Å². The number of fused-ring (bicyclic) bond motifs is 1. The highest BCUT2D eigenvalue weighted by Gasteiger charge is 2.22. The summed E-state index contributed by atoms with van der Waals surface area (Å²) in [6.45, 7) is 5.34. The smallest absolute Gasteiger partial charge is 0.261 e. The summed E-state index contributed by atoms with van der Waals surface area (Å²) in [6, 6.07) is 1.70. The molecule has 7 heteroatoms. The van der Waals surface area contributed by atoms with Crippen LogP contribution in [0.4, 0.5) is 5.95 Å². The quantitative estimate of drug-likeness (QED) is 0.749.